The summed E-state index contributed by atoms with van der Waals surface area (Å²) in [4.78, 5) is 0. The Bertz CT molecular complexity index is 222. The molecule has 1 heteroatoms. The molecule has 0 heterocycles. The minimum atomic E-state index is 0.656. The molecule has 0 aliphatic heterocycles. The van der Waals surface area contributed by atoms with E-state index in [-0.39, 0.29) is 0 Å². The first-order valence-electron chi connectivity index (χ1n) is 8.41. The summed E-state index contributed by atoms with van der Waals surface area (Å²) in [6, 6.07) is 0. The predicted octanol–water partition coefficient (Wildman–Crippen LogP) is 4.76. The Morgan fingerprint density at radius 2 is 1.67 bits per heavy atom. The Kier molecular flexibility index (Phi) is 5.54. The van der Waals surface area contributed by atoms with Crippen molar-refractivity contribution in [3.8, 4) is 0 Å². The van der Waals surface area contributed by atoms with Crippen molar-refractivity contribution in [2.24, 2.45) is 17.3 Å². The van der Waals surface area contributed by atoms with Gasteiger partial charge in [-0.1, -0.05) is 46.0 Å². The van der Waals surface area contributed by atoms with Crippen molar-refractivity contribution in [2.75, 3.05) is 13.1 Å². The van der Waals surface area contributed by atoms with Crippen LogP contribution in [0.2, 0.25) is 0 Å². The van der Waals surface area contributed by atoms with Crippen molar-refractivity contribution in [3.05, 3.63) is 0 Å². The summed E-state index contributed by atoms with van der Waals surface area (Å²) in [6.45, 7) is 7.37. The van der Waals surface area contributed by atoms with Gasteiger partial charge in [-0.25, -0.2) is 0 Å². The molecule has 0 aromatic heterocycles. The van der Waals surface area contributed by atoms with Gasteiger partial charge in [0.25, 0.3) is 0 Å². The fourth-order valence-electron chi connectivity index (χ4n) is 4.38. The van der Waals surface area contributed by atoms with Gasteiger partial charge in [-0.05, 0) is 55.9 Å². The molecule has 2 aliphatic carbocycles. The van der Waals surface area contributed by atoms with Crippen molar-refractivity contribution < 1.29 is 0 Å². The predicted molar refractivity (Wildman–Crippen MR) is 79.8 cm³/mol. The summed E-state index contributed by atoms with van der Waals surface area (Å²) in [5.74, 6) is 1.84. The second-order valence-corrected chi connectivity index (χ2v) is 7.44. The lowest BCUT2D eigenvalue weighted by Crippen LogP contribution is -2.36. The first-order chi connectivity index (χ1) is 8.70. The summed E-state index contributed by atoms with van der Waals surface area (Å²) in [7, 11) is 0. The van der Waals surface area contributed by atoms with Crippen molar-refractivity contribution in [1.82, 2.24) is 5.32 Å². The van der Waals surface area contributed by atoms with Gasteiger partial charge in [-0.2, -0.15) is 0 Å². The highest BCUT2D eigenvalue weighted by Gasteiger charge is 2.33. The van der Waals surface area contributed by atoms with Crippen molar-refractivity contribution in [3.63, 3.8) is 0 Å². The molecule has 1 nitrogen and oxygen atoms in total. The molecule has 0 amide bonds. The maximum absolute atomic E-state index is 3.84. The van der Waals surface area contributed by atoms with Crippen LogP contribution in [0.4, 0.5) is 0 Å². The van der Waals surface area contributed by atoms with Gasteiger partial charge in [0.15, 0.2) is 0 Å². The van der Waals surface area contributed by atoms with E-state index in [2.05, 4.69) is 19.2 Å². The van der Waals surface area contributed by atoms with Gasteiger partial charge in [-0.15, -0.1) is 0 Å². The summed E-state index contributed by atoms with van der Waals surface area (Å²) in [5.41, 5.74) is 0.656. The lowest BCUT2D eigenvalue weighted by molar-refractivity contribution is 0.215. The largest absolute Gasteiger partial charge is 0.316 e. The molecule has 0 saturated heterocycles. The quantitative estimate of drug-likeness (QED) is 0.717. The zero-order chi connectivity index (χ0) is 12.8. The first kappa shape index (κ1) is 14.4. The molecule has 0 spiro atoms. The van der Waals surface area contributed by atoms with Gasteiger partial charge >= 0.3 is 0 Å². The number of hydrogen-bond donors (Lipinski definition) is 1. The Hall–Kier alpha value is -0.0400. The number of nitrogens with one attached hydrogen (secondary N) is 1. The average Bonchev–Trinajstić information content (AvgIpc) is 2.78. The molecule has 0 atom stereocenters. The van der Waals surface area contributed by atoms with E-state index in [0.717, 1.165) is 11.8 Å². The van der Waals surface area contributed by atoms with Gasteiger partial charge in [0.05, 0.1) is 0 Å². The molecule has 2 aliphatic rings. The molecule has 106 valence electrons. The van der Waals surface area contributed by atoms with Gasteiger partial charge in [0.2, 0.25) is 0 Å². The van der Waals surface area contributed by atoms with Gasteiger partial charge in [-0.3, -0.25) is 0 Å². The van der Waals surface area contributed by atoms with Crippen LogP contribution < -0.4 is 5.32 Å². The van der Waals surface area contributed by atoms with Crippen molar-refractivity contribution in [2.45, 2.75) is 78.1 Å². The molecule has 0 aromatic carbocycles. The number of rotatable bonds is 6. The Balaban J connectivity index is 1.72. The van der Waals surface area contributed by atoms with Crippen molar-refractivity contribution >= 4 is 0 Å². The van der Waals surface area contributed by atoms with E-state index in [1.165, 1.54) is 77.3 Å². The average molecular weight is 251 g/mol. The van der Waals surface area contributed by atoms with E-state index in [4.69, 9.17) is 0 Å². The highest BCUT2D eigenvalue weighted by Crippen LogP contribution is 2.42. The normalized spacial score (nSPS) is 24.8. The molecule has 0 radical (unpaired) electrons. The van der Waals surface area contributed by atoms with E-state index in [1.807, 2.05) is 0 Å². The fourth-order valence-corrected chi connectivity index (χ4v) is 4.38. The van der Waals surface area contributed by atoms with Crippen LogP contribution in [0.25, 0.3) is 0 Å². The van der Waals surface area contributed by atoms with Crippen LogP contribution in [0.1, 0.15) is 78.1 Å². The lowest BCUT2D eigenvalue weighted by atomic mass is 9.78. The highest BCUT2D eigenvalue weighted by atomic mass is 14.9. The third kappa shape index (κ3) is 4.26. The Morgan fingerprint density at radius 1 is 1.00 bits per heavy atom. The van der Waals surface area contributed by atoms with Crippen LogP contribution in [0, 0.1) is 17.3 Å². The van der Waals surface area contributed by atoms with Crippen LogP contribution in [0.3, 0.4) is 0 Å². The summed E-state index contributed by atoms with van der Waals surface area (Å²) in [5, 5.41) is 3.84. The van der Waals surface area contributed by atoms with Crippen molar-refractivity contribution in [1.29, 1.82) is 0 Å². The van der Waals surface area contributed by atoms with Crippen LogP contribution in [0.15, 0.2) is 0 Å². The second kappa shape index (κ2) is 6.93. The van der Waals surface area contributed by atoms with Crippen LogP contribution >= 0.6 is 0 Å². The molecule has 2 saturated carbocycles. The van der Waals surface area contributed by atoms with Gasteiger partial charge in [0, 0.05) is 6.54 Å². The third-order valence-electron chi connectivity index (χ3n) is 5.16. The van der Waals surface area contributed by atoms with Crippen LogP contribution in [0.5, 0.6) is 0 Å². The molecule has 2 rings (SSSR count). The second-order valence-electron chi connectivity index (χ2n) is 7.44. The fraction of sp³-hybridized carbons (Fsp3) is 1.00. The zero-order valence-electron chi connectivity index (χ0n) is 12.6. The minimum Gasteiger partial charge on any atom is -0.316 e. The maximum atomic E-state index is 3.84. The van der Waals surface area contributed by atoms with Gasteiger partial charge in [0.1, 0.15) is 0 Å². The molecule has 18 heavy (non-hydrogen) atoms. The molecule has 2 fully saturated rings. The minimum absolute atomic E-state index is 0.656. The third-order valence-corrected chi connectivity index (χ3v) is 5.16. The molecule has 0 aromatic rings. The SMILES string of the molecule is CC(C)CC1(CNCC2CCCCC2)CCCC1. The van der Waals surface area contributed by atoms with E-state index in [9.17, 15) is 0 Å². The molecular weight excluding hydrogens is 218 g/mol. The van der Waals surface area contributed by atoms with Crippen LogP contribution in [-0.2, 0) is 0 Å². The zero-order valence-corrected chi connectivity index (χ0v) is 12.6. The van der Waals surface area contributed by atoms with E-state index >= 15 is 0 Å². The van der Waals surface area contributed by atoms with Crippen LogP contribution in [-0.4, -0.2) is 13.1 Å². The molecular formula is C17H33N. The van der Waals surface area contributed by atoms with E-state index in [1.54, 1.807) is 0 Å². The van der Waals surface area contributed by atoms with E-state index < -0.39 is 0 Å². The molecule has 1 N–H and O–H groups in total. The lowest BCUT2D eigenvalue weighted by Gasteiger charge is -2.32. The molecule has 0 bridgehead atoms. The summed E-state index contributed by atoms with van der Waals surface area (Å²) < 4.78 is 0. The standard InChI is InChI=1S/C17H33N/c1-15(2)12-17(10-6-7-11-17)14-18-13-16-8-4-3-5-9-16/h15-16,18H,3-14H2,1-2H3. The van der Waals surface area contributed by atoms with Gasteiger partial charge < -0.3 is 5.32 Å². The summed E-state index contributed by atoms with van der Waals surface area (Å²) in [6.07, 6.45) is 14.7. The van der Waals surface area contributed by atoms with E-state index in [0.29, 0.717) is 5.41 Å². The monoisotopic (exact) mass is 251 g/mol. The highest BCUT2D eigenvalue weighted by molar-refractivity contribution is 4.87. The topological polar surface area (TPSA) is 12.0 Å². The maximum Gasteiger partial charge on any atom is 0.000802 e. The Labute approximate surface area is 114 Å². The smallest absolute Gasteiger partial charge is 0.000802 e. The Morgan fingerprint density at radius 3 is 2.28 bits per heavy atom. The summed E-state index contributed by atoms with van der Waals surface area (Å²) >= 11 is 0. The molecule has 0 unspecified atom stereocenters. The number of hydrogen-bond acceptors (Lipinski definition) is 1. The first-order valence-corrected chi connectivity index (χ1v) is 8.41.